The van der Waals surface area contributed by atoms with Crippen molar-refractivity contribution in [2.24, 2.45) is 0 Å². The van der Waals surface area contributed by atoms with Gasteiger partial charge < -0.3 is 0 Å². The van der Waals surface area contributed by atoms with Crippen molar-refractivity contribution in [2.45, 2.75) is 24.3 Å². The highest BCUT2D eigenvalue weighted by Gasteiger charge is 2.22. The van der Waals surface area contributed by atoms with Gasteiger partial charge in [0.05, 0.1) is 32.6 Å². The summed E-state index contributed by atoms with van der Waals surface area (Å²) in [6.45, 7) is 0.223. The van der Waals surface area contributed by atoms with E-state index in [9.17, 15) is 13.2 Å². The van der Waals surface area contributed by atoms with Crippen LogP contribution in [-0.2, 0) is 21.2 Å². The van der Waals surface area contributed by atoms with Gasteiger partial charge in [0.15, 0.2) is 15.0 Å². The van der Waals surface area contributed by atoms with E-state index in [0.29, 0.717) is 26.4 Å². The third-order valence-corrected chi connectivity index (χ3v) is 8.33. The summed E-state index contributed by atoms with van der Waals surface area (Å²) in [4.78, 5) is 23.8. The van der Waals surface area contributed by atoms with Crippen molar-refractivity contribution in [2.75, 3.05) is 10.7 Å². The average Bonchev–Trinajstić information content (AvgIpc) is 3.23. The number of nitrogens with zero attached hydrogens (tertiary/aromatic N) is 3. The third kappa shape index (κ3) is 5.70. The van der Waals surface area contributed by atoms with Gasteiger partial charge in [-0.15, -0.1) is 0 Å². The van der Waals surface area contributed by atoms with Gasteiger partial charge in [-0.2, -0.15) is 0 Å². The first-order valence-corrected chi connectivity index (χ1v) is 13.3. The molecule has 0 spiro atoms. The SMILES string of the molecule is O=C(CCCS(=O)(=O)c1ccc(Cl)cc1)N(Cc1ccccn1)c1nc2c(Cl)cccc2s1. The number of rotatable bonds is 8. The monoisotopic (exact) mass is 519 g/mol. The van der Waals surface area contributed by atoms with Crippen LogP contribution >= 0.6 is 34.5 Å². The molecule has 0 fully saturated rings. The molecule has 0 saturated carbocycles. The summed E-state index contributed by atoms with van der Waals surface area (Å²) >= 11 is 13.5. The fourth-order valence-electron chi connectivity index (χ4n) is 3.24. The minimum atomic E-state index is -3.52. The van der Waals surface area contributed by atoms with Gasteiger partial charge in [-0.05, 0) is 55.0 Å². The lowest BCUT2D eigenvalue weighted by Gasteiger charge is -2.19. The van der Waals surface area contributed by atoms with Crippen molar-refractivity contribution < 1.29 is 13.2 Å². The Morgan fingerprint density at radius 3 is 2.48 bits per heavy atom. The maximum atomic E-state index is 13.2. The first kappa shape index (κ1) is 23.6. The number of carbonyl (C=O) groups is 1. The normalized spacial score (nSPS) is 11.6. The molecule has 170 valence electrons. The number of hydrogen-bond acceptors (Lipinski definition) is 6. The molecule has 0 atom stereocenters. The highest BCUT2D eigenvalue weighted by Crippen LogP contribution is 2.33. The zero-order valence-corrected chi connectivity index (χ0v) is 20.5. The standard InChI is InChI=1S/C23H19Cl2N3O3S2/c24-16-9-11-18(12-10-16)33(30,31)14-4-8-21(29)28(15-17-5-1-2-13-26-17)23-27-22-19(25)6-3-7-20(22)32-23/h1-3,5-7,9-13H,4,8,14-15H2. The lowest BCUT2D eigenvalue weighted by Crippen LogP contribution is -2.30. The molecule has 0 bridgehead atoms. The second-order valence-electron chi connectivity index (χ2n) is 7.26. The molecule has 0 aliphatic rings. The fourth-order valence-corrected chi connectivity index (χ4v) is 5.96. The molecule has 2 heterocycles. The summed E-state index contributed by atoms with van der Waals surface area (Å²) in [5, 5.41) is 1.47. The molecule has 4 aromatic rings. The maximum Gasteiger partial charge on any atom is 0.229 e. The Morgan fingerprint density at radius 1 is 1.00 bits per heavy atom. The molecule has 10 heteroatoms. The van der Waals surface area contributed by atoms with E-state index in [0.717, 1.165) is 4.70 Å². The Labute approximate surface area is 205 Å². The van der Waals surface area contributed by atoms with Crippen molar-refractivity contribution in [3.8, 4) is 0 Å². The van der Waals surface area contributed by atoms with E-state index in [2.05, 4.69) is 9.97 Å². The van der Waals surface area contributed by atoms with Crippen molar-refractivity contribution in [3.63, 3.8) is 0 Å². The number of anilines is 1. The summed E-state index contributed by atoms with van der Waals surface area (Å²) < 4.78 is 26.1. The number of benzene rings is 2. The van der Waals surface area contributed by atoms with Gasteiger partial charge >= 0.3 is 0 Å². The number of halogens is 2. The molecule has 0 aliphatic carbocycles. The van der Waals surface area contributed by atoms with Gasteiger partial charge in [-0.3, -0.25) is 14.7 Å². The van der Waals surface area contributed by atoms with Crippen LogP contribution in [0.2, 0.25) is 10.0 Å². The molecule has 0 unspecified atom stereocenters. The van der Waals surface area contributed by atoms with E-state index in [1.54, 1.807) is 18.3 Å². The number of aromatic nitrogens is 2. The molecule has 0 N–H and O–H groups in total. The zero-order valence-electron chi connectivity index (χ0n) is 17.3. The van der Waals surface area contributed by atoms with E-state index in [1.165, 1.54) is 40.5 Å². The Morgan fingerprint density at radius 2 is 1.79 bits per heavy atom. The first-order chi connectivity index (χ1) is 15.8. The minimum absolute atomic E-state index is 0.0450. The van der Waals surface area contributed by atoms with Crippen LogP contribution in [-0.4, -0.2) is 30.0 Å². The van der Waals surface area contributed by atoms with Crippen LogP contribution in [0.15, 0.2) is 71.8 Å². The van der Waals surface area contributed by atoms with Crippen molar-refractivity contribution in [1.82, 2.24) is 9.97 Å². The van der Waals surface area contributed by atoms with Crippen LogP contribution in [0, 0.1) is 0 Å². The number of hydrogen-bond donors (Lipinski definition) is 0. The van der Waals surface area contributed by atoms with Crippen molar-refractivity contribution in [1.29, 1.82) is 0 Å². The van der Waals surface area contributed by atoms with Crippen LogP contribution in [0.3, 0.4) is 0 Å². The van der Waals surface area contributed by atoms with Gasteiger partial charge in [0.1, 0.15) is 5.52 Å². The second-order valence-corrected chi connectivity index (χ2v) is 11.2. The van der Waals surface area contributed by atoms with Crippen LogP contribution in [0.4, 0.5) is 5.13 Å². The minimum Gasteiger partial charge on any atom is -0.282 e. The van der Waals surface area contributed by atoms with Gasteiger partial charge in [0.2, 0.25) is 5.91 Å². The maximum absolute atomic E-state index is 13.2. The van der Waals surface area contributed by atoms with Crippen LogP contribution < -0.4 is 4.90 Å². The molecule has 2 aromatic heterocycles. The number of sulfone groups is 1. The fraction of sp³-hybridized carbons (Fsp3) is 0.174. The van der Waals surface area contributed by atoms with Crippen LogP contribution in [0.1, 0.15) is 18.5 Å². The molecular formula is C23H19Cl2N3O3S2. The number of fused-ring (bicyclic) bond motifs is 1. The lowest BCUT2D eigenvalue weighted by molar-refractivity contribution is -0.118. The van der Waals surface area contributed by atoms with Gasteiger partial charge in [0.25, 0.3) is 0 Å². The lowest BCUT2D eigenvalue weighted by atomic mass is 10.2. The third-order valence-electron chi connectivity index (χ3n) is 4.91. The number of para-hydroxylation sites is 1. The molecule has 0 saturated heterocycles. The van der Waals surface area contributed by atoms with Crippen LogP contribution in [0.25, 0.3) is 10.2 Å². The van der Waals surface area contributed by atoms with E-state index in [-0.39, 0.29) is 35.9 Å². The van der Waals surface area contributed by atoms with Crippen molar-refractivity contribution >= 4 is 65.6 Å². The van der Waals surface area contributed by atoms with E-state index >= 15 is 0 Å². The molecule has 0 aliphatic heterocycles. The number of thiazole rings is 1. The summed E-state index contributed by atoms with van der Waals surface area (Å²) in [5.41, 5.74) is 1.33. The molecule has 1 amide bonds. The number of amides is 1. The second kappa shape index (κ2) is 10.2. The highest BCUT2D eigenvalue weighted by atomic mass is 35.5. The molecule has 2 aromatic carbocycles. The average molecular weight is 520 g/mol. The highest BCUT2D eigenvalue weighted by molar-refractivity contribution is 7.91. The zero-order chi connectivity index (χ0) is 23.4. The molecule has 33 heavy (non-hydrogen) atoms. The Bertz CT molecular complexity index is 1380. The molecule has 6 nitrogen and oxygen atoms in total. The predicted molar refractivity (Wildman–Crippen MR) is 133 cm³/mol. The summed E-state index contributed by atoms with van der Waals surface area (Å²) in [7, 11) is -3.52. The number of pyridine rings is 1. The summed E-state index contributed by atoms with van der Waals surface area (Å²) in [5.74, 6) is -0.383. The largest absolute Gasteiger partial charge is 0.282 e. The molecule has 0 radical (unpaired) electrons. The molecular weight excluding hydrogens is 501 g/mol. The summed E-state index contributed by atoms with van der Waals surface area (Å²) in [6, 6.07) is 17.0. The van der Waals surface area contributed by atoms with Gasteiger partial charge in [-0.1, -0.05) is 46.7 Å². The van der Waals surface area contributed by atoms with Crippen molar-refractivity contribution in [3.05, 3.63) is 82.6 Å². The Kier molecular flexibility index (Phi) is 7.29. The van der Waals surface area contributed by atoms with E-state index in [4.69, 9.17) is 23.2 Å². The summed E-state index contributed by atoms with van der Waals surface area (Å²) in [6.07, 6.45) is 1.88. The van der Waals surface area contributed by atoms with Gasteiger partial charge in [0, 0.05) is 17.6 Å². The van der Waals surface area contributed by atoms with E-state index < -0.39 is 9.84 Å². The Hall–Kier alpha value is -2.52. The number of carbonyl (C=O) groups excluding carboxylic acids is 1. The quantitative estimate of drug-likeness (QED) is 0.294. The first-order valence-electron chi connectivity index (χ1n) is 10.1. The smallest absolute Gasteiger partial charge is 0.229 e. The topological polar surface area (TPSA) is 80.2 Å². The molecule has 4 rings (SSSR count). The predicted octanol–water partition coefficient (Wildman–Crippen LogP) is 5.79. The van der Waals surface area contributed by atoms with E-state index in [1.807, 2.05) is 24.3 Å². The Balaban J connectivity index is 1.53. The van der Waals surface area contributed by atoms with Crippen LogP contribution in [0.5, 0.6) is 0 Å². The van der Waals surface area contributed by atoms with Gasteiger partial charge in [-0.25, -0.2) is 13.4 Å².